The van der Waals surface area contributed by atoms with E-state index >= 15 is 0 Å². The first-order chi connectivity index (χ1) is 10.4. The topological polar surface area (TPSA) is 80.6 Å². The number of aryl methyl sites for hydroxylation is 2. The maximum absolute atomic E-state index is 12.1. The average Bonchev–Trinajstić information content (AvgIpc) is 3.04. The molecule has 2 N–H and O–H groups in total. The molecule has 3 atom stereocenters. The van der Waals surface area contributed by atoms with Crippen molar-refractivity contribution in [1.29, 1.82) is 0 Å². The molecule has 0 saturated heterocycles. The molecule has 1 aliphatic carbocycles. The van der Waals surface area contributed by atoms with Crippen molar-refractivity contribution in [3.63, 3.8) is 0 Å². The van der Waals surface area contributed by atoms with Crippen molar-refractivity contribution in [2.24, 2.45) is 5.92 Å². The third kappa shape index (κ3) is 3.81. The zero-order chi connectivity index (χ0) is 16.3. The van der Waals surface area contributed by atoms with Crippen molar-refractivity contribution in [3.8, 4) is 0 Å². The molecule has 22 heavy (non-hydrogen) atoms. The van der Waals surface area contributed by atoms with Gasteiger partial charge in [0.2, 0.25) is 0 Å². The van der Waals surface area contributed by atoms with Gasteiger partial charge >= 0.3 is 12.0 Å². The van der Waals surface area contributed by atoms with Crippen LogP contribution in [0.1, 0.15) is 49.3 Å². The Kier molecular flexibility index (Phi) is 5.11. The van der Waals surface area contributed by atoms with Crippen LogP contribution >= 0.6 is 0 Å². The second-order valence-electron chi connectivity index (χ2n) is 5.94. The molecule has 0 aliphatic heterocycles. The fourth-order valence-corrected chi connectivity index (χ4v) is 3.08. The predicted octanol–water partition coefficient (Wildman–Crippen LogP) is 2.60. The second kappa shape index (κ2) is 6.85. The van der Waals surface area contributed by atoms with Gasteiger partial charge in [-0.3, -0.25) is 4.79 Å². The molecule has 0 spiro atoms. The van der Waals surface area contributed by atoms with Gasteiger partial charge in [-0.25, -0.2) is 4.79 Å². The van der Waals surface area contributed by atoms with Gasteiger partial charge in [-0.1, -0.05) is 0 Å². The molecule has 1 aromatic rings. The third-order valence-electron chi connectivity index (χ3n) is 4.20. The van der Waals surface area contributed by atoms with Gasteiger partial charge in [0.15, 0.2) is 0 Å². The average molecular weight is 308 g/mol. The molecule has 1 heterocycles. The van der Waals surface area contributed by atoms with Gasteiger partial charge in [-0.2, -0.15) is 0 Å². The molecule has 0 bridgehead atoms. The Labute approximate surface area is 130 Å². The summed E-state index contributed by atoms with van der Waals surface area (Å²) in [4.78, 5) is 23.6. The zero-order valence-electron chi connectivity index (χ0n) is 13.6. The number of carbonyl (C=O) groups excluding carboxylic acids is 2. The van der Waals surface area contributed by atoms with E-state index < -0.39 is 0 Å². The molecule has 0 radical (unpaired) electrons. The molecular weight excluding hydrogens is 284 g/mol. The van der Waals surface area contributed by atoms with E-state index in [-0.39, 0.29) is 30.0 Å². The van der Waals surface area contributed by atoms with Crippen molar-refractivity contribution in [1.82, 2.24) is 10.6 Å². The van der Waals surface area contributed by atoms with E-state index in [4.69, 9.17) is 9.15 Å². The van der Waals surface area contributed by atoms with E-state index in [1.165, 1.54) is 7.11 Å². The van der Waals surface area contributed by atoms with Gasteiger partial charge in [0.25, 0.3) is 0 Å². The van der Waals surface area contributed by atoms with Crippen molar-refractivity contribution in [3.05, 3.63) is 23.2 Å². The maximum atomic E-state index is 12.1. The molecule has 1 fully saturated rings. The Bertz CT molecular complexity index is 552. The molecule has 1 aromatic heterocycles. The highest BCUT2D eigenvalue weighted by molar-refractivity contribution is 5.76. The Morgan fingerprint density at radius 1 is 1.36 bits per heavy atom. The summed E-state index contributed by atoms with van der Waals surface area (Å²) in [6.45, 7) is 5.69. The van der Waals surface area contributed by atoms with Crippen LogP contribution in [0.4, 0.5) is 4.79 Å². The lowest BCUT2D eigenvalue weighted by Crippen LogP contribution is -2.42. The van der Waals surface area contributed by atoms with E-state index in [0.29, 0.717) is 6.42 Å². The number of hydrogen-bond acceptors (Lipinski definition) is 4. The lowest BCUT2D eigenvalue weighted by Gasteiger charge is -2.17. The highest BCUT2D eigenvalue weighted by Crippen LogP contribution is 2.26. The molecule has 0 unspecified atom stereocenters. The van der Waals surface area contributed by atoms with Crippen LogP contribution in [0.3, 0.4) is 0 Å². The van der Waals surface area contributed by atoms with Crippen LogP contribution < -0.4 is 10.6 Å². The molecule has 1 aliphatic rings. The number of esters is 1. The zero-order valence-corrected chi connectivity index (χ0v) is 13.6. The summed E-state index contributed by atoms with van der Waals surface area (Å²) in [5.41, 5.74) is 0.978. The first-order valence-electron chi connectivity index (χ1n) is 7.62. The molecule has 2 amide bonds. The summed E-state index contributed by atoms with van der Waals surface area (Å²) < 4.78 is 10.2. The fourth-order valence-electron chi connectivity index (χ4n) is 3.08. The normalized spacial score (nSPS) is 22.2. The molecular formula is C16H24N2O4. The summed E-state index contributed by atoms with van der Waals surface area (Å²) in [6, 6.07) is 1.60. The van der Waals surface area contributed by atoms with Crippen LogP contribution in [0.15, 0.2) is 10.5 Å². The number of hydrogen-bond donors (Lipinski definition) is 2. The van der Waals surface area contributed by atoms with E-state index in [0.717, 1.165) is 29.9 Å². The largest absolute Gasteiger partial charge is 0.469 e. The quantitative estimate of drug-likeness (QED) is 0.838. The number of methoxy groups -OCH3 is 1. The van der Waals surface area contributed by atoms with Gasteiger partial charge in [-0.05, 0) is 46.1 Å². The Morgan fingerprint density at radius 3 is 2.68 bits per heavy atom. The third-order valence-corrected chi connectivity index (χ3v) is 4.20. The van der Waals surface area contributed by atoms with Gasteiger partial charge in [0.1, 0.15) is 11.5 Å². The van der Waals surface area contributed by atoms with Crippen molar-refractivity contribution in [2.75, 3.05) is 7.11 Å². The van der Waals surface area contributed by atoms with E-state index in [1.807, 2.05) is 26.8 Å². The van der Waals surface area contributed by atoms with Gasteiger partial charge < -0.3 is 19.8 Å². The number of furan rings is 1. The first-order valence-corrected chi connectivity index (χ1v) is 7.62. The minimum absolute atomic E-state index is 0.0171. The lowest BCUT2D eigenvalue weighted by molar-refractivity contribution is -0.145. The second-order valence-corrected chi connectivity index (χ2v) is 5.94. The number of urea groups is 1. The Balaban J connectivity index is 1.83. The van der Waals surface area contributed by atoms with Gasteiger partial charge in [-0.15, -0.1) is 0 Å². The molecule has 0 aromatic carbocycles. The van der Waals surface area contributed by atoms with E-state index in [2.05, 4.69) is 10.6 Å². The highest BCUT2D eigenvalue weighted by atomic mass is 16.5. The van der Waals surface area contributed by atoms with E-state index in [9.17, 15) is 9.59 Å². The SMILES string of the molecule is COC(=O)[C@H]1CC[C@@H](NC(=O)N[C@@H](C)c2cc(C)oc2C)C1. The summed E-state index contributed by atoms with van der Waals surface area (Å²) in [6.07, 6.45) is 2.19. The fraction of sp³-hybridized carbons (Fsp3) is 0.625. The Morgan fingerprint density at radius 2 is 2.09 bits per heavy atom. The van der Waals surface area contributed by atoms with Crippen LogP contribution in [-0.2, 0) is 9.53 Å². The van der Waals surface area contributed by atoms with E-state index in [1.54, 1.807) is 0 Å². The number of ether oxygens (including phenoxy) is 1. The van der Waals surface area contributed by atoms with Crippen LogP contribution in [0, 0.1) is 19.8 Å². The van der Waals surface area contributed by atoms with Gasteiger partial charge in [0, 0.05) is 11.6 Å². The summed E-state index contributed by atoms with van der Waals surface area (Å²) >= 11 is 0. The van der Waals surface area contributed by atoms with Crippen LogP contribution in [0.25, 0.3) is 0 Å². The Hall–Kier alpha value is -1.98. The summed E-state index contributed by atoms with van der Waals surface area (Å²) in [5.74, 6) is 1.35. The van der Waals surface area contributed by atoms with Crippen LogP contribution in [0.5, 0.6) is 0 Å². The number of nitrogens with one attached hydrogen (secondary N) is 2. The highest BCUT2D eigenvalue weighted by Gasteiger charge is 2.31. The molecule has 122 valence electrons. The molecule has 2 rings (SSSR count). The van der Waals surface area contributed by atoms with Crippen molar-refractivity contribution >= 4 is 12.0 Å². The minimum atomic E-state index is -0.221. The van der Waals surface area contributed by atoms with Crippen LogP contribution in [0.2, 0.25) is 0 Å². The number of amides is 2. The maximum Gasteiger partial charge on any atom is 0.315 e. The summed E-state index contributed by atoms with van der Waals surface area (Å²) in [7, 11) is 1.40. The van der Waals surface area contributed by atoms with Crippen molar-refractivity contribution in [2.45, 2.75) is 52.1 Å². The molecule has 6 nitrogen and oxygen atoms in total. The standard InChI is InChI=1S/C16H24N2O4/c1-9-7-14(11(3)22-9)10(2)17-16(20)18-13-6-5-12(8-13)15(19)21-4/h7,10,12-13H,5-6,8H2,1-4H3,(H2,17,18,20)/t10-,12-,13+/m0/s1. The number of rotatable bonds is 4. The van der Waals surface area contributed by atoms with Crippen LogP contribution in [-0.4, -0.2) is 25.2 Å². The molecule has 6 heteroatoms. The van der Waals surface area contributed by atoms with Gasteiger partial charge in [0.05, 0.1) is 19.1 Å². The first kappa shape index (κ1) is 16.4. The predicted molar refractivity (Wildman–Crippen MR) is 81.4 cm³/mol. The van der Waals surface area contributed by atoms with Crippen molar-refractivity contribution < 1.29 is 18.7 Å². The summed E-state index contributed by atoms with van der Waals surface area (Å²) in [5, 5.41) is 5.84. The minimum Gasteiger partial charge on any atom is -0.469 e. The lowest BCUT2D eigenvalue weighted by atomic mass is 10.1. The smallest absolute Gasteiger partial charge is 0.315 e. The molecule has 1 saturated carbocycles. The number of carbonyl (C=O) groups is 2. The monoisotopic (exact) mass is 308 g/mol.